The fraction of sp³-hybridized carbons (Fsp3) is 0.214. The molecule has 3 rings (SSSR count). The summed E-state index contributed by atoms with van der Waals surface area (Å²) in [7, 11) is 1.50. The molecule has 2 aromatic rings. The molecular weight excluding hydrogens is 258 g/mol. The fourth-order valence-corrected chi connectivity index (χ4v) is 2.16. The maximum absolute atomic E-state index is 11.8. The van der Waals surface area contributed by atoms with Crippen LogP contribution in [0.1, 0.15) is 6.42 Å². The average molecular weight is 271 g/mol. The molecule has 1 unspecified atom stereocenters. The van der Waals surface area contributed by atoms with Gasteiger partial charge in [-0.25, -0.2) is 4.98 Å². The van der Waals surface area contributed by atoms with E-state index in [4.69, 9.17) is 4.42 Å². The molecule has 1 aromatic heterocycles. The Labute approximate surface area is 115 Å². The number of oxazole rings is 1. The van der Waals surface area contributed by atoms with E-state index in [0.29, 0.717) is 5.76 Å². The average Bonchev–Trinajstić information content (AvgIpc) is 3.06. The van der Waals surface area contributed by atoms with Gasteiger partial charge in [-0.1, -0.05) is 0 Å². The van der Waals surface area contributed by atoms with E-state index >= 15 is 0 Å². The van der Waals surface area contributed by atoms with Crippen molar-refractivity contribution in [1.29, 1.82) is 0 Å². The Kier molecular flexibility index (Phi) is 2.98. The van der Waals surface area contributed by atoms with Crippen LogP contribution in [0.25, 0.3) is 11.3 Å². The fourth-order valence-electron chi connectivity index (χ4n) is 2.16. The Hall–Kier alpha value is -2.63. The molecule has 0 radical (unpaired) electrons. The molecule has 20 heavy (non-hydrogen) atoms. The molecule has 0 saturated carbocycles. The van der Waals surface area contributed by atoms with Crippen molar-refractivity contribution < 1.29 is 14.0 Å². The van der Waals surface area contributed by atoms with Crippen molar-refractivity contribution in [1.82, 2.24) is 9.88 Å². The van der Waals surface area contributed by atoms with Crippen molar-refractivity contribution in [3.63, 3.8) is 0 Å². The Morgan fingerprint density at radius 3 is 2.60 bits per heavy atom. The van der Waals surface area contributed by atoms with Gasteiger partial charge in [0.1, 0.15) is 6.04 Å². The second-order valence-corrected chi connectivity index (χ2v) is 4.64. The quantitative estimate of drug-likeness (QED) is 0.856. The summed E-state index contributed by atoms with van der Waals surface area (Å²) in [5, 5.41) is 3.07. The van der Waals surface area contributed by atoms with Crippen molar-refractivity contribution in [3.05, 3.63) is 36.9 Å². The highest BCUT2D eigenvalue weighted by Crippen LogP contribution is 2.22. The first-order valence-corrected chi connectivity index (χ1v) is 6.21. The van der Waals surface area contributed by atoms with E-state index in [0.717, 1.165) is 16.2 Å². The van der Waals surface area contributed by atoms with Gasteiger partial charge in [0.05, 0.1) is 12.6 Å². The monoisotopic (exact) mass is 271 g/mol. The summed E-state index contributed by atoms with van der Waals surface area (Å²) >= 11 is 0. The van der Waals surface area contributed by atoms with Gasteiger partial charge in [-0.3, -0.25) is 14.5 Å². The third-order valence-corrected chi connectivity index (χ3v) is 3.32. The molecule has 1 aromatic carbocycles. The zero-order chi connectivity index (χ0) is 14.1. The molecule has 1 atom stereocenters. The van der Waals surface area contributed by atoms with Crippen molar-refractivity contribution in [2.45, 2.75) is 12.5 Å². The van der Waals surface area contributed by atoms with Gasteiger partial charge in [-0.2, -0.15) is 0 Å². The van der Waals surface area contributed by atoms with Crippen molar-refractivity contribution in [2.24, 2.45) is 0 Å². The summed E-state index contributed by atoms with van der Waals surface area (Å²) in [6, 6.07) is 6.94. The first-order chi connectivity index (χ1) is 9.65. The molecular formula is C14H13N3O3. The number of aromatic nitrogens is 1. The number of carbonyl (C=O) groups is 2. The molecule has 0 bridgehead atoms. The number of anilines is 1. The lowest BCUT2D eigenvalue weighted by Gasteiger charge is -2.12. The van der Waals surface area contributed by atoms with Gasteiger partial charge in [-0.05, 0) is 24.3 Å². The highest BCUT2D eigenvalue weighted by atomic mass is 16.3. The Morgan fingerprint density at radius 2 is 2.05 bits per heavy atom. The van der Waals surface area contributed by atoms with Gasteiger partial charge in [0.15, 0.2) is 12.2 Å². The first-order valence-electron chi connectivity index (χ1n) is 6.21. The van der Waals surface area contributed by atoms with E-state index in [9.17, 15) is 9.59 Å². The van der Waals surface area contributed by atoms with Crippen LogP contribution in [0.2, 0.25) is 0 Å². The van der Waals surface area contributed by atoms with Gasteiger partial charge < -0.3 is 9.73 Å². The van der Waals surface area contributed by atoms with Gasteiger partial charge in [-0.15, -0.1) is 0 Å². The molecule has 1 fully saturated rings. The predicted molar refractivity (Wildman–Crippen MR) is 71.7 cm³/mol. The number of likely N-dealkylation sites (N-methyl/N-ethyl adjacent to an activating group) is 1. The minimum absolute atomic E-state index is 0.161. The van der Waals surface area contributed by atoms with E-state index in [1.54, 1.807) is 6.20 Å². The number of nitrogens with zero attached hydrogens (tertiary/aromatic N) is 2. The molecule has 6 nitrogen and oxygen atoms in total. The standard InChI is InChI=1S/C14H13N3O3/c1-17-13(18)6-11(14(17)19)16-10-4-2-9(3-5-10)12-7-15-8-20-12/h2-5,7-8,11,16H,6H2,1H3. The third kappa shape index (κ3) is 2.16. The maximum atomic E-state index is 11.8. The van der Waals surface area contributed by atoms with Crippen LogP contribution < -0.4 is 5.32 Å². The number of likely N-dealkylation sites (tertiary alicyclic amines) is 1. The molecule has 2 heterocycles. The number of amides is 2. The predicted octanol–water partition coefficient (Wildman–Crippen LogP) is 1.51. The highest BCUT2D eigenvalue weighted by Gasteiger charge is 2.35. The van der Waals surface area contributed by atoms with E-state index in [1.807, 2.05) is 24.3 Å². The van der Waals surface area contributed by atoms with Gasteiger partial charge in [0, 0.05) is 18.3 Å². The van der Waals surface area contributed by atoms with Crippen LogP contribution >= 0.6 is 0 Å². The van der Waals surface area contributed by atoms with Gasteiger partial charge >= 0.3 is 0 Å². The Balaban J connectivity index is 1.73. The summed E-state index contributed by atoms with van der Waals surface area (Å²) in [6.07, 6.45) is 3.20. The van der Waals surface area contributed by atoms with Crippen LogP contribution in [0.4, 0.5) is 5.69 Å². The van der Waals surface area contributed by atoms with Crippen molar-refractivity contribution >= 4 is 17.5 Å². The van der Waals surface area contributed by atoms with Crippen LogP contribution in [-0.4, -0.2) is 34.8 Å². The molecule has 1 saturated heterocycles. The molecule has 102 valence electrons. The highest BCUT2D eigenvalue weighted by molar-refractivity contribution is 6.06. The lowest BCUT2D eigenvalue weighted by molar-refractivity contribution is -0.136. The summed E-state index contributed by atoms with van der Waals surface area (Å²) in [4.78, 5) is 28.2. The minimum Gasteiger partial charge on any atom is -0.444 e. The summed E-state index contributed by atoms with van der Waals surface area (Å²) in [5.41, 5.74) is 1.69. The van der Waals surface area contributed by atoms with Crippen LogP contribution in [0, 0.1) is 0 Å². The SMILES string of the molecule is CN1C(=O)CC(Nc2ccc(-c3cnco3)cc2)C1=O. The molecule has 6 heteroatoms. The number of carbonyl (C=O) groups excluding carboxylic acids is 2. The molecule has 2 amide bonds. The summed E-state index contributed by atoms with van der Waals surface area (Å²) in [6.45, 7) is 0. The summed E-state index contributed by atoms with van der Waals surface area (Å²) < 4.78 is 5.20. The number of hydrogen-bond donors (Lipinski definition) is 1. The Morgan fingerprint density at radius 1 is 1.30 bits per heavy atom. The lowest BCUT2D eigenvalue weighted by atomic mass is 10.1. The number of benzene rings is 1. The van der Waals surface area contributed by atoms with E-state index in [2.05, 4.69) is 10.3 Å². The van der Waals surface area contributed by atoms with Crippen LogP contribution in [-0.2, 0) is 9.59 Å². The van der Waals surface area contributed by atoms with Crippen LogP contribution in [0.5, 0.6) is 0 Å². The van der Waals surface area contributed by atoms with Gasteiger partial charge in [0.25, 0.3) is 5.91 Å². The number of nitrogens with one attached hydrogen (secondary N) is 1. The van der Waals surface area contributed by atoms with E-state index in [1.165, 1.54) is 13.4 Å². The topological polar surface area (TPSA) is 75.4 Å². The maximum Gasteiger partial charge on any atom is 0.251 e. The van der Waals surface area contributed by atoms with Crippen LogP contribution in [0.3, 0.4) is 0 Å². The number of imide groups is 1. The number of hydrogen-bond acceptors (Lipinski definition) is 5. The molecule has 1 N–H and O–H groups in total. The van der Waals surface area contributed by atoms with Crippen molar-refractivity contribution in [2.75, 3.05) is 12.4 Å². The molecule has 0 aliphatic carbocycles. The normalized spacial score (nSPS) is 18.6. The summed E-state index contributed by atoms with van der Waals surface area (Å²) in [5.74, 6) is 0.323. The van der Waals surface area contributed by atoms with Crippen LogP contribution in [0.15, 0.2) is 41.3 Å². The second-order valence-electron chi connectivity index (χ2n) is 4.64. The smallest absolute Gasteiger partial charge is 0.251 e. The molecule has 1 aliphatic rings. The Bertz CT molecular complexity index is 634. The minimum atomic E-state index is -0.483. The first kappa shape index (κ1) is 12.4. The molecule has 0 spiro atoms. The van der Waals surface area contributed by atoms with Gasteiger partial charge in [0.2, 0.25) is 5.91 Å². The van der Waals surface area contributed by atoms with Crippen molar-refractivity contribution in [3.8, 4) is 11.3 Å². The largest absolute Gasteiger partial charge is 0.444 e. The molecule has 1 aliphatic heterocycles. The lowest BCUT2D eigenvalue weighted by Crippen LogP contribution is -2.31. The second kappa shape index (κ2) is 4.80. The van der Waals surface area contributed by atoms with E-state index in [-0.39, 0.29) is 18.2 Å². The van der Waals surface area contributed by atoms with E-state index < -0.39 is 6.04 Å². The zero-order valence-electron chi connectivity index (χ0n) is 10.9. The zero-order valence-corrected chi connectivity index (χ0v) is 10.9. The number of rotatable bonds is 3. The third-order valence-electron chi connectivity index (χ3n) is 3.32.